The third-order valence-corrected chi connectivity index (χ3v) is 3.48. The highest BCUT2D eigenvalue weighted by atomic mass is 16.5. The highest BCUT2D eigenvalue weighted by Crippen LogP contribution is 2.38. The van der Waals surface area contributed by atoms with E-state index in [0.29, 0.717) is 0 Å². The average molecular weight is 259 g/mol. The maximum absolute atomic E-state index is 5.46. The maximum Gasteiger partial charge on any atom is 0.132 e. The van der Waals surface area contributed by atoms with E-state index in [1.54, 1.807) is 14.2 Å². The number of benzene rings is 1. The summed E-state index contributed by atoms with van der Waals surface area (Å²) in [6.07, 6.45) is 0.994. The molecule has 5 heteroatoms. The first-order chi connectivity index (χ1) is 9.24. The molecule has 1 N–H and O–H groups in total. The van der Waals surface area contributed by atoms with Gasteiger partial charge >= 0.3 is 0 Å². The smallest absolute Gasteiger partial charge is 0.132 e. The zero-order valence-corrected chi connectivity index (χ0v) is 11.4. The summed E-state index contributed by atoms with van der Waals surface area (Å²) in [4.78, 5) is 0. The molecule has 1 aromatic carbocycles. The van der Waals surface area contributed by atoms with Gasteiger partial charge in [0.2, 0.25) is 0 Å². The number of aromatic nitrogens is 2. The molecule has 2 heterocycles. The Bertz CT molecular complexity index is 619. The Balaban J connectivity index is 2.14. The van der Waals surface area contributed by atoms with Crippen molar-refractivity contribution in [3.05, 3.63) is 23.8 Å². The van der Waals surface area contributed by atoms with Gasteiger partial charge in [0.1, 0.15) is 23.0 Å². The lowest BCUT2D eigenvalue weighted by molar-refractivity contribution is 0.395. The second kappa shape index (κ2) is 4.50. The van der Waals surface area contributed by atoms with Crippen molar-refractivity contribution < 1.29 is 9.47 Å². The molecule has 1 aliphatic rings. The van der Waals surface area contributed by atoms with Crippen LogP contribution in [-0.2, 0) is 13.5 Å². The summed E-state index contributed by atoms with van der Waals surface area (Å²) < 4.78 is 12.6. The fraction of sp³-hybridized carbons (Fsp3) is 0.357. The molecule has 0 saturated heterocycles. The van der Waals surface area contributed by atoms with E-state index in [0.717, 1.165) is 41.5 Å². The minimum atomic E-state index is 0.784. The van der Waals surface area contributed by atoms with Crippen LogP contribution in [0.3, 0.4) is 0 Å². The Hall–Kier alpha value is -2.17. The molecule has 0 unspecified atom stereocenters. The molecular weight excluding hydrogens is 242 g/mol. The van der Waals surface area contributed by atoms with E-state index >= 15 is 0 Å². The summed E-state index contributed by atoms with van der Waals surface area (Å²) in [5.74, 6) is 2.67. The molecule has 100 valence electrons. The molecule has 1 aliphatic heterocycles. The lowest BCUT2D eigenvalue weighted by Gasteiger charge is -2.09. The van der Waals surface area contributed by atoms with Crippen LogP contribution < -0.4 is 14.8 Å². The van der Waals surface area contributed by atoms with E-state index in [2.05, 4.69) is 10.4 Å². The van der Waals surface area contributed by atoms with Crippen LogP contribution in [0.15, 0.2) is 18.2 Å². The molecule has 0 fully saturated rings. The molecule has 0 bridgehead atoms. The molecule has 5 nitrogen and oxygen atoms in total. The molecule has 2 aromatic rings. The van der Waals surface area contributed by atoms with Crippen LogP contribution in [0.2, 0.25) is 0 Å². The highest BCUT2D eigenvalue weighted by molar-refractivity contribution is 5.76. The van der Waals surface area contributed by atoms with Crippen LogP contribution in [0.25, 0.3) is 11.3 Å². The van der Waals surface area contributed by atoms with Gasteiger partial charge in [-0.25, -0.2) is 0 Å². The molecule has 0 radical (unpaired) electrons. The molecule has 3 rings (SSSR count). The number of rotatable bonds is 3. The normalized spacial score (nSPS) is 13.0. The predicted molar refractivity (Wildman–Crippen MR) is 73.9 cm³/mol. The van der Waals surface area contributed by atoms with Crippen LogP contribution in [-0.4, -0.2) is 30.5 Å². The van der Waals surface area contributed by atoms with E-state index in [-0.39, 0.29) is 0 Å². The highest BCUT2D eigenvalue weighted by Gasteiger charge is 2.23. The number of anilines is 1. The number of nitrogens with one attached hydrogen (secondary N) is 1. The summed E-state index contributed by atoms with van der Waals surface area (Å²) in [6, 6.07) is 5.82. The maximum atomic E-state index is 5.46. The van der Waals surface area contributed by atoms with Crippen molar-refractivity contribution in [3.63, 3.8) is 0 Å². The van der Waals surface area contributed by atoms with Crippen molar-refractivity contribution in [2.24, 2.45) is 7.05 Å². The first-order valence-corrected chi connectivity index (χ1v) is 6.26. The number of aryl methyl sites for hydroxylation is 1. The molecule has 0 atom stereocenters. The number of nitrogens with zero attached hydrogens (tertiary/aromatic N) is 2. The predicted octanol–water partition coefficient (Wildman–Crippen LogP) is 2.07. The fourth-order valence-corrected chi connectivity index (χ4v) is 2.54. The minimum absolute atomic E-state index is 0.784. The van der Waals surface area contributed by atoms with Crippen LogP contribution in [0.1, 0.15) is 5.56 Å². The van der Waals surface area contributed by atoms with Crippen molar-refractivity contribution in [2.45, 2.75) is 6.42 Å². The van der Waals surface area contributed by atoms with Crippen LogP contribution in [0.5, 0.6) is 11.5 Å². The van der Waals surface area contributed by atoms with Gasteiger partial charge < -0.3 is 14.8 Å². The number of ether oxygens (including phenoxy) is 2. The number of hydrogen-bond donors (Lipinski definition) is 1. The third kappa shape index (κ3) is 1.82. The number of fused-ring (bicyclic) bond motifs is 1. The van der Waals surface area contributed by atoms with E-state index < -0.39 is 0 Å². The van der Waals surface area contributed by atoms with E-state index in [1.807, 2.05) is 29.9 Å². The zero-order chi connectivity index (χ0) is 13.4. The molecular formula is C14H17N3O2. The van der Waals surface area contributed by atoms with Gasteiger partial charge in [0, 0.05) is 30.8 Å². The van der Waals surface area contributed by atoms with E-state index in [1.165, 1.54) is 5.56 Å². The summed E-state index contributed by atoms with van der Waals surface area (Å²) in [5, 5.41) is 7.95. The first-order valence-electron chi connectivity index (χ1n) is 6.26. The topological polar surface area (TPSA) is 48.3 Å². The second-order valence-corrected chi connectivity index (χ2v) is 4.54. The lowest BCUT2D eigenvalue weighted by Crippen LogP contribution is -2.01. The number of hydrogen-bond acceptors (Lipinski definition) is 4. The van der Waals surface area contributed by atoms with Crippen molar-refractivity contribution in [1.29, 1.82) is 0 Å². The summed E-state index contributed by atoms with van der Waals surface area (Å²) in [6.45, 7) is 0.965. The van der Waals surface area contributed by atoms with Gasteiger partial charge in [-0.3, -0.25) is 4.68 Å². The van der Waals surface area contributed by atoms with Gasteiger partial charge in [-0.1, -0.05) is 0 Å². The molecule has 0 amide bonds. The van der Waals surface area contributed by atoms with Gasteiger partial charge in [-0.05, 0) is 18.6 Å². The first kappa shape index (κ1) is 11.9. The molecule has 0 spiro atoms. The summed E-state index contributed by atoms with van der Waals surface area (Å²) in [5.41, 5.74) is 3.25. The van der Waals surface area contributed by atoms with Gasteiger partial charge in [0.15, 0.2) is 0 Å². The standard InChI is InChI=1S/C14H17N3O2/c1-17-14-11(6-7-15-14)13(16-17)10-5-4-9(18-2)8-12(10)19-3/h4-5,8,15H,6-7H2,1-3H3. The van der Waals surface area contributed by atoms with Crippen LogP contribution in [0.4, 0.5) is 5.82 Å². The Labute approximate surface area is 112 Å². The summed E-state index contributed by atoms with van der Waals surface area (Å²) in [7, 11) is 5.27. The Morgan fingerprint density at radius 3 is 2.84 bits per heavy atom. The number of methoxy groups -OCH3 is 2. The third-order valence-electron chi connectivity index (χ3n) is 3.48. The largest absolute Gasteiger partial charge is 0.497 e. The van der Waals surface area contributed by atoms with Crippen molar-refractivity contribution in [2.75, 3.05) is 26.1 Å². The molecule has 0 aliphatic carbocycles. The van der Waals surface area contributed by atoms with E-state index in [4.69, 9.17) is 9.47 Å². The lowest BCUT2D eigenvalue weighted by atomic mass is 10.1. The Morgan fingerprint density at radius 2 is 2.11 bits per heavy atom. The minimum Gasteiger partial charge on any atom is -0.497 e. The average Bonchev–Trinajstić information content (AvgIpc) is 3.02. The second-order valence-electron chi connectivity index (χ2n) is 4.54. The zero-order valence-electron chi connectivity index (χ0n) is 11.4. The fourth-order valence-electron chi connectivity index (χ4n) is 2.54. The van der Waals surface area contributed by atoms with Gasteiger partial charge in [0.05, 0.1) is 14.2 Å². The monoisotopic (exact) mass is 259 g/mol. The van der Waals surface area contributed by atoms with E-state index in [9.17, 15) is 0 Å². The quantitative estimate of drug-likeness (QED) is 0.916. The van der Waals surface area contributed by atoms with Crippen LogP contribution in [0, 0.1) is 0 Å². The molecule has 0 saturated carbocycles. The SMILES string of the molecule is COc1ccc(-c2nn(C)c3c2CCN3)c(OC)c1. The Morgan fingerprint density at radius 1 is 1.26 bits per heavy atom. The molecule has 1 aromatic heterocycles. The van der Waals surface area contributed by atoms with Crippen molar-refractivity contribution >= 4 is 5.82 Å². The molecule has 19 heavy (non-hydrogen) atoms. The van der Waals surface area contributed by atoms with Gasteiger partial charge in [0.25, 0.3) is 0 Å². The van der Waals surface area contributed by atoms with Crippen molar-refractivity contribution in [1.82, 2.24) is 9.78 Å². The Kier molecular flexibility index (Phi) is 2.81. The summed E-state index contributed by atoms with van der Waals surface area (Å²) >= 11 is 0. The van der Waals surface area contributed by atoms with Crippen molar-refractivity contribution in [3.8, 4) is 22.8 Å². The van der Waals surface area contributed by atoms with Gasteiger partial charge in [-0.2, -0.15) is 5.10 Å². The van der Waals surface area contributed by atoms with Gasteiger partial charge in [-0.15, -0.1) is 0 Å². The van der Waals surface area contributed by atoms with Crippen LogP contribution >= 0.6 is 0 Å².